The van der Waals surface area contributed by atoms with Crippen LogP contribution < -0.4 is 5.32 Å². The fourth-order valence-corrected chi connectivity index (χ4v) is 4.77. The smallest absolute Gasteiger partial charge is 0.287 e. The van der Waals surface area contributed by atoms with Gasteiger partial charge in [0.05, 0.1) is 5.69 Å². The number of fused-ring (bicyclic) bond motifs is 1. The van der Waals surface area contributed by atoms with E-state index in [-0.39, 0.29) is 5.91 Å². The first-order valence-corrected chi connectivity index (χ1v) is 11.8. The van der Waals surface area contributed by atoms with Gasteiger partial charge in [-0.3, -0.25) is 4.79 Å². The third-order valence-corrected chi connectivity index (χ3v) is 6.72. The van der Waals surface area contributed by atoms with Crippen molar-refractivity contribution in [1.82, 2.24) is 10.3 Å². The van der Waals surface area contributed by atoms with Crippen LogP contribution in [0.25, 0.3) is 32.8 Å². The van der Waals surface area contributed by atoms with Gasteiger partial charge in [-0.05, 0) is 30.7 Å². The van der Waals surface area contributed by atoms with Crippen molar-refractivity contribution in [1.29, 1.82) is 0 Å². The van der Waals surface area contributed by atoms with Gasteiger partial charge in [0.15, 0.2) is 5.76 Å². The lowest BCUT2D eigenvalue weighted by molar-refractivity contribution is 0.0924. The average Bonchev–Trinajstić information content (AvgIpc) is 3.44. The van der Waals surface area contributed by atoms with E-state index in [2.05, 4.69) is 38.8 Å². The minimum atomic E-state index is -0.217. The van der Waals surface area contributed by atoms with Crippen LogP contribution in [0.5, 0.6) is 0 Å². The van der Waals surface area contributed by atoms with E-state index in [1.54, 1.807) is 11.3 Å². The fourth-order valence-electron chi connectivity index (χ4n) is 3.59. The van der Waals surface area contributed by atoms with Gasteiger partial charge in [0.25, 0.3) is 5.91 Å². The van der Waals surface area contributed by atoms with Crippen molar-refractivity contribution in [2.75, 3.05) is 0 Å². The predicted octanol–water partition coefficient (Wildman–Crippen LogP) is 7.22. The molecule has 1 amide bonds. The number of aryl methyl sites for hydroxylation is 1. The number of carbonyl (C=O) groups excluding carboxylic acids is 1. The zero-order valence-corrected chi connectivity index (χ0v) is 19.7. The molecule has 0 atom stereocenters. The van der Waals surface area contributed by atoms with Crippen LogP contribution in [-0.4, -0.2) is 10.9 Å². The Kier molecular flexibility index (Phi) is 5.64. The molecule has 1 N–H and O–H groups in total. The molecule has 2 aromatic heterocycles. The van der Waals surface area contributed by atoms with Crippen LogP contribution >= 0.6 is 27.3 Å². The van der Waals surface area contributed by atoms with E-state index in [1.807, 2.05) is 67.6 Å². The molecule has 2 heterocycles. The molecule has 0 unspecified atom stereocenters. The summed E-state index contributed by atoms with van der Waals surface area (Å²) >= 11 is 5.07. The van der Waals surface area contributed by atoms with Crippen molar-refractivity contribution in [3.63, 3.8) is 0 Å². The zero-order valence-electron chi connectivity index (χ0n) is 17.3. The number of nitrogens with zero attached hydrogens (tertiary/aromatic N) is 1. The number of rotatable bonds is 5. The highest BCUT2D eigenvalue weighted by Gasteiger charge is 2.17. The van der Waals surface area contributed by atoms with Crippen molar-refractivity contribution >= 4 is 44.1 Å². The summed E-state index contributed by atoms with van der Waals surface area (Å²) in [5.41, 5.74) is 5.68. The quantitative estimate of drug-likeness (QED) is 0.275. The number of carbonyl (C=O) groups is 1. The van der Waals surface area contributed by atoms with Crippen LogP contribution in [0.4, 0.5) is 0 Å². The molecule has 0 radical (unpaired) electrons. The molecule has 158 valence electrons. The third-order valence-electron chi connectivity index (χ3n) is 5.33. The first-order chi connectivity index (χ1) is 15.6. The van der Waals surface area contributed by atoms with Gasteiger partial charge in [-0.25, -0.2) is 4.98 Å². The first-order valence-electron chi connectivity index (χ1n) is 10.2. The molecule has 3 aromatic carbocycles. The Morgan fingerprint density at radius 3 is 2.59 bits per heavy atom. The molecule has 32 heavy (non-hydrogen) atoms. The summed E-state index contributed by atoms with van der Waals surface area (Å²) in [5, 5.41) is 6.98. The predicted molar refractivity (Wildman–Crippen MR) is 133 cm³/mol. The second kappa shape index (κ2) is 8.73. The number of hydrogen-bond donors (Lipinski definition) is 1. The van der Waals surface area contributed by atoms with Crippen molar-refractivity contribution < 1.29 is 9.21 Å². The van der Waals surface area contributed by atoms with Gasteiger partial charge in [0.1, 0.15) is 10.6 Å². The number of halogens is 1. The minimum absolute atomic E-state index is 0.217. The lowest BCUT2D eigenvalue weighted by Crippen LogP contribution is -2.22. The second-order valence-corrected chi connectivity index (χ2v) is 9.25. The van der Waals surface area contributed by atoms with E-state index >= 15 is 0 Å². The van der Waals surface area contributed by atoms with Crippen molar-refractivity contribution in [2.45, 2.75) is 13.5 Å². The molecule has 0 saturated heterocycles. The highest BCUT2D eigenvalue weighted by atomic mass is 79.9. The van der Waals surface area contributed by atoms with Crippen LogP contribution in [0.15, 0.2) is 87.1 Å². The van der Waals surface area contributed by atoms with E-state index in [0.29, 0.717) is 17.9 Å². The summed E-state index contributed by atoms with van der Waals surface area (Å²) in [4.78, 5) is 17.5. The van der Waals surface area contributed by atoms with Gasteiger partial charge in [0, 0.05) is 38.5 Å². The van der Waals surface area contributed by atoms with Gasteiger partial charge in [0.2, 0.25) is 0 Å². The molecule has 4 nitrogen and oxygen atoms in total. The maximum Gasteiger partial charge on any atom is 0.287 e. The molecule has 0 aliphatic rings. The van der Waals surface area contributed by atoms with Crippen LogP contribution in [0.1, 0.15) is 21.7 Å². The largest absolute Gasteiger partial charge is 0.451 e. The summed E-state index contributed by atoms with van der Waals surface area (Å²) in [6.45, 7) is 2.33. The highest BCUT2D eigenvalue weighted by Crippen LogP contribution is 2.29. The molecular formula is C26H19BrN2O2S. The Bertz CT molecular complexity index is 1410. The molecule has 0 aliphatic carbocycles. The minimum Gasteiger partial charge on any atom is -0.451 e. The molecule has 5 rings (SSSR count). The maximum atomic E-state index is 12.7. The Hall–Kier alpha value is -3.22. The second-order valence-electron chi connectivity index (χ2n) is 7.48. The highest BCUT2D eigenvalue weighted by molar-refractivity contribution is 9.10. The third kappa shape index (κ3) is 4.11. The number of nitrogens with one attached hydrogen (secondary N) is 1. The molecule has 0 bridgehead atoms. The van der Waals surface area contributed by atoms with Crippen LogP contribution in [0.2, 0.25) is 0 Å². The molecular weight excluding hydrogens is 484 g/mol. The summed E-state index contributed by atoms with van der Waals surface area (Å²) in [6, 6.07) is 24.0. The lowest BCUT2D eigenvalue weighted by Gasteiger charge is -2.05. The Labute approximate surface area is 198 Å². The van der Waals surface area contributed by atoms with Crippen LogP contribution in [0.3, 0.4) is 0 Å². The van der Waals surface area contributed by atoms with E-state index in [4.69, 9.17) is 9.40 Å². The molecule has 0 aliphatic heterocycles. The molecule has 0 spiro atoms. The standard InChI is InChI=1S/C26H19BrN2O2S/c1-16-21-12-11-20(27)13-23(21)31-24(16)25(30)28-14-17-7-9-18(10-8-17)22-15-32-26(29-22)19-5-3-2-4-6-19/h2-13,15H,14H2,1H3,(H,28,30). The molecule has 0 fully saturated rings. The topological polar surface area (TPSA) is 55.1 Å². The van der Waals surface area contributed by atoms with E-state index in [9.17, 15) is 4.79 Å². The summed E-state index contributed by atoms with van der Waals surface area (Å²) in [7, 11) is 0. The first kappa shape index (κ1) is 20.7. The number of benzene rings is 3. The number of amides is 1. The van der Waals surface area contributed by atoms with E-state index < -0.39 is 0 Å². The van der Waals surface area contributed by atoms with Crippen molar-refractivity contribution in [3.05, 3.63) is 99.5 Å². The zero-order chi connectivity index (χ0) is 22.1. The molecule has 0 saturated carbocycles. The Morgan fingerprint density at radius 2 is 1.81 bits per heavy atom. The lowest BCUT2D eigenvalue weighted by atomic mass is 10.1. The fraction of sp³-hybridized carbons (Fsp3) is 0.0769. The van der Waals surface area contributed by atoms with Gasteiger partial charge in [-0.2, -0.15) is 0 Å². The van der Waals surface area contributed by atoms with Crippen molar-refractivity contribution in [3.8, 4) is 21.8 Å². The Balaban J connectivity index is 1.27. The number of furan rings is 1. The maximum absolute atomic E-state index is 12.7. The van der Waals surface area contributed by atoms with Gasteiger partial charge in [-0.15, -0.1) is 11.3 Å². The monoisotopic (exact) mass is 502 g/mol. The number of thiazole rings is 1. The van der Waals surface area contributed by atoms with Crippen LogP contribution in [-0.2, 0) is 6.54 Å². The van der Waals surface area contributed by atoms with E-state index in [1.165, 1.54) is 0 Å². The summed E-state index contributed by atoms with van der Waals surface area (Å²) in [5.74, 6) is 0.136. The van der Waals surface area contributed by atoms with Crippen molar-refractivity contribution in [2.24, 2.45) is 0 Å². The molecule has 5 aromatic rings. The average molecular weight is 503 g/mol. The normalized spacial score (nSPS) is 11.1. The van der Waals surface area contributed by atoms with E-state index in [0.717, 1.165) is 42.8 Å². The van der Waals surface area contributed by atoms with Crippen LogP contribution in [0, 0.1) is 6.92 Å². The summed E-state index contributed by atoms with van der Waals surface area (Å²) < 4.78 is 6.71. The molecule has 6 heteroatoms. The Morgan fingerprint density at radius 1 is 1.03 bits per heavy atom. The van der Waals surface area contributed by atoms with Gasteiger partial charge >= 0.3 is 0 Å². The summed E-state index contributed by atoms with van der Waals surface area (Å²) in [6.07, 6.45) is 0. The number of hydrogen-bond acceptors (Lipinski definition) is 4. The number of aromatic nitrogens is 1. The SMILES string of the molecule is Cc1c(C(=O)NCc2ccc(-c3csc(-c4ccccc4)n3)cc2)oc2cc(Br)ccc12. The van der Waals surface area contributed by atoms with Gasteiger partial charge in [-0.1, -0.05) is 70.5 Å². The van der Waals surface area contributed by atoms with Gasteiger partial charge < -0.3 is 9.73 Å².